The number of aromatic nitrogens is 1. The molecule has 0 spiro atoms. The molecule has 1 saturated carbocycles. The topological polar surface area (TPSA) is 62.2 Å². The van der Waals surface area contributed by atoms with E-state index in [1.165, 1.54) is 31.9 Å². The first-order chi connectivity index (χ1) is 9.06. The second-order valence-corrected chi connectivity index (χ2v) is 6.40. The summed E-state index contributed by atoms with van der Waals surface area (Å²) in [5.41, 5.74) is 1.76. The Morgan fingerprint density at radius 1 is 1.53 bits per heavy atom. The van der Waals surface area contributed by atoms with Crippen LogP contribution in [0.2, 0.25) is 0 Å². The molecule has 0 aromatic carbocycles. The molecule has 2 rings (SSSR count). The lowest BCUT2D eigenvalue weighted by atomic mass is 10.1. The number of hydrogen-bond donors (Lipinski definition) is 2. The van der Waals surface area contributed by atoms with E-state index in [0.717, 1.165) is 12.2 Å². The van der Waals surface area contributed by atoms with E-state index in [9.17, 15) is 9.90 Å². The van der Waals surface area contributed by atoms with Gasteiger partial charge in [-0.25, -0.2) is 4.79 Å². The molecule has 0 radical (unpaired) electrons. The number of aryl methyl sites for hydroxylation is 1. The minimum absolute atomic E-state index is 0.250. The lowest BCUT2D eigenvalue weighted by Crippen LogP contribution is -2.30. The van der Waals surface area contributed by atoms with E-state index in [4.69, 9.17) is 0 Å². The summed E-state index contributed by atoms with van der Waals surface area (Å²) < 4.78 is 0.257. The molecular formula is C14H20N2O2S. The van der Waals surface area contributed by atoms with Crippen molar-refractivity contribution < 1.29 is 9.90 Å². The molecule has 0 amide bonds. The minimum atomic E-state index is -0.931. The molecule has 1 aromatic heterocycles. The molecule has 1 aliphatic carbocycles. The van der Waals surface area contributed by atoms with Gasteiger partial charge in [0.05, 0.1) is 5.69 Å². The van der Waals surface area contributed by atoms with Gasteiger partial charge in [-0.15, -0.1) is 0 Å². The van der Waals surface area contributed by atoms with Crippen molar-refractivity contribution in [3.05, 3.63) is 23.5 Å². The van der Waals surface area contributed by atoms with Crippen LogP contribution in [-0.4, -0.2) is 33.6 Å². The maximum atomic E-state index is 11.2. The van der Waals surface area contributed by atoms with Gasteiger partial charge in [0, 0.05) is 23.2 Å². The second-order valence-electron chi connectivity index (χ2n) is 5.12. The maximum Gasteiger partial charge on any atom is 0.339 e. The summed E-state index contributed by atoms with van der Waals surface area (Å²) in [7, 11) is 0. The summed E-state index contributed by atoms with van der Waals surface area (Å²) >= 11 is 1.89. The summed E-state index contributed by atoms with van der Waals surface area (Å²) in [6, 6.07) is 1.81. The summed E-state index contributed by atoms with van der Waals surface area (Å²) in [5.74, 6) is -0.931. The van der Waals surface area contributed by atoms with Crippen molar-refractivity contribution in [2.24, 2.45) is 0 Å². The Kier molecular flexibility index (Phi) is 4.34. The van der Waals surface area contributed by atoms with Gasteiger partial charge in [-0.3, -0.25) is 4.98 Å². The maximum absolute atomic E-state index is 11.2. The van der Waals surface area contributed by atoms with Gasteiger partial charge in [0.25, 0.3) is 0 Å². The van der Waals surface area contributed by atoms with Gasteiger partial charge in [-0.2, -0.15) is 11.8 Å². The number of carbonyl (C=O) groups is 1. The normalized spacial score (nSPS) is 17.4. The molecule has 19 heavy (non-hydrogen) atoms. The van der Waals surface area contributed by atoms with Crippen LogP contribution in [0.25, 0.3) is 0 Å². The van der Waals surface area contributed by atoms with Gasteiger partial charge in [0.1, 0.15) is 5.56 Å². The van der Waals surface area contributed by atoms with Crippen LogP contribution in [0.5, 0.6) is 0 Å². The van der Waals surface area contributed by atoms with Crippen LogP contribution in [0.1, 0.15) is 41.7 Å². The van der Waals surface area contributed by atoms with Crippen LogP contribution < -0.4 is 5.32 Å². The van der Waals surface area contributed by atoms with Gasteiger partial charge in [0.15, 0.2) is 0 Å². The molecule has 1 aliphatic rings. The largest absolute Gasteiger partial charge is 0.478 e. The van der Waals surface area contributed by atoms with E-state index in [1.807, 2.05) is 24.8 Å². The SMILES string of the molecule is CSC1(CNc2cc(C)ncc2C(=O)O)CCCC1. The Bertz CT molecular complexity index is 471. The molecule has 2 N–H and O–H groups in total. The van der Waals surface area contributed by atoms with Crippen LogP contribution in [0.3, 0.4) is 0 Å². The van der Waals surface area contributed by atoms with Crippen molar-refractivity contribution >= 4 is 23.4 Å². The van der Waals surface area contributed by atoms with Crippen molar-refractivity contribution in [3.63, 3.8) is 0 Å². The van der Waals surface area contributed by atoms with Gasteiger partial charge < -0.3 is 10.4 Å². The quantitative estimate of drug-likeness (QED) is 0.867. The number of thioether (sulfide) groups is 1. The third-order valence-corrected chi connectivity index (χ3v) is 5.24. The predicted octanol–water partition coefficient (Wildman–Crippen LogP) is 3.18. The molecule has 0 saturated heterocycles. The zero-order valence-corrected chi connectivity index (χ0v) is 12.2. The zero-order valence-electron chi connectivity index (χ0n) is 11.4. The highest BCUT2D eigenvalue weighted by Crippen LogP contribution is 2.40. The number of aromatic carboxylic acids is 1. The standard InChI is InChI=1S/C14H20N2O2S/c1-10-7-12(11(8-15-10)13(17)18)16-9-14(19-2)5-3-4-6-14/h7-8H,3-6,9H2,1-2H3,(H,15,16)(H,17,18). The van der Waals surface area contributed by atoms with E-state index >= 15 is 0 Å². The Hall–Kier alpha value is -1.23. The second kappa shape index (κ2) is 5.82. The van der Waals surface area contributed by atoms with E-state index in [0.29, 0.717) is 5.69 Å². The lowest BCUT2D eigenvalue weighted by molar-refractivity contribution is 0.0697. The fraction of sp³-hybridized carbons (Fsp3) is 0.571. The Balaban J connectivity index is 2.14. The van der Waals surface area contributed by atoms with E-state index < -0.39 is 5.97 Å². The minimum Gasteiger partial charge on any atom is -0.478 e. The highest BCUT2D eigenvalue weighted by Gasteiger charge is 2.32. The van der Waals surface area contributed by atoms with Crippen LogP contribution >= 0.6 is 11.8 Å². The number of hydrogen-bond acceptors (Lipinski definition) is 4. The molecule has 1 heterocycles. The number of pyridine rings is 1. The first-order valence-corrected chi connectivity index (χ1v) is 7.78. The number of nitrogens with one attached hydrogen (secondary N) is 1. The van der Waals surface area contributed by atoms with Crippen LogP contribution in [-0.2, 0) is 0 Å². The molecule has 0 bridgehead atoms. The highest BCUT2D eigenvalue weighted by molar-refractivity contribution is 8.00. The molecule has 0 unspecified atom stereocenters. The zero-order chi connectivity index (χ0) is 13.9. The highest BCUT2D eigenvalue weighted by atomic mass is 32.2. The summed E-state index contributed by atoms with van der Waals surface area (Å²) in [6.45, 7) is 2.69. The molecule has 104 valence electrons. The van der Waals surface area contributed by atoms with Crippen molar-refractivity contribution in [2.75, 3.05) is 18.1 Å². The average molecular weight is 280 g/mol. The summed E-state index contributed by atoms with van der Waals surface area (Å²) in [6.07, 6.45) is 8.51. The molecule has 1 aromatic rings. The van der Waals surface area contributed by atoms with Gasteiger partial charge >= 0.3 is 5.97 Å². The molecule has 4 nitrogen and oxygen atoms in total. The molecular weight excluding hydrogens is 260 g/mol. The smallest absolute Gasteiger partial charge is 0.339 e. The number of rotatable bonds is 5. The summed E-state index contributed by atoms with van der Waals surface area (Å²) in [4.78, 5) is 15.2. The van der Waals surface area contributed by atoms with Gasteiger partial charge in [-0.1, -0.05) is 12.8 Å². The van der Waals surface area contributed by atoms with Gasteiger partial charge in [-0.05, 0) is 32.1 Å². The van der Waals surface area contributed by atoms with E-state index in [1.54, 1.807) is 0 Å². The van der Waals surface area contributed by atoms with Crippen molar-refractivity contribution in [1.29, 1.82) is 0 Å². The predicted molar refractivity (Wildman–Crippen MR) is 79.1 cm³/mol. The Labute approximate surface area is 118 Å². The monoisotopic (exact) mass is 280 g/mol. The fourth-order valence-electron chi connectivity index (χ4n) is 2.61. The molecule has 0 atom stereocenters. The summed E-state index contributed by atoms with van der Waals surface area (Å²) in [5, 5.41) is 12.5. The number of carboxylic acids is 1. The molecule has 1 fully saturated rings. The number of anilines is 1. The van der Waals surface area contributed by atoms with Crippen molar-refractivity contribution in [3.8, 4) is 0 Å². The third kappa shape index (κ3) is 3.21. The first-order valence-electron chi connectivity index (χ1n) is 6.55. The van der Waals surface area contributed by atoms with E-state index in [-0.39, 0.29) is 10.3 Å². The Morgan fingerprint density at radius 2 is 2.21 bits per heavy atom. The van der Waals surface area contributed by atoms with Crippen molar-refractivity contribution in [2.45, 2.75) is 37.4 Å². The number of carboxylic acid groups (broad SMARTS) is 1. The van der Waals surface area contributed by atoms with Crippen LogP contribution in [0.15, 0.2) is 12.3 Å². The van der Waals surface area contributed by atoms with E-state index in [2.05, 4.69) is 16.6 Å². The van der Waals surface area contributed by atoms with Gasteiger partial charge in [0.2, 0.25) is 0 Å². The average Bonchev–Trinajstić information content (AvgIpc) is 2.85. The Morgan fingerprint density at radius 3 is 2.79 bits per heavy atom. The molecule has 0 aliphatic heterocycles. The third-order valence-electron chi connectivity index (χ3n) is 3.82. The number of nitrogens with zero attached hydrogens (tertiary/aromatic N) is 1. The molecule has 5 heteroatoms. The lowest BCUT2D eigenvalue weighted by Gasteiger charge is -2.27. The fourth-order valence-corrected chi connectivity index (χ4v) is 3.52. The van der Waals surface area contributed by atoms with Crippen LogP contribution in [0.4, 0.5) is 5.69 Å². The van der Waals surface area contributed by atoms with Crippen LogP contribution in [0, 0.1) is 6.92 Å². The van der Waals surface area contributed by atoms with Crippen molar-refractivity contribution in [1.82, 2.24) is 4.98 Å². The first kappa shape index (κ1) is 14.2.